The van der Waals surface area contributed by atoms with E-state index in [-0.39, 0.29) is 23.6 Å². The largest absolute Gasteiger partial charge is 0.491 e. The van der Waals surface area contributed by atoms with Gasteiger partial charge in [0.25, 0.3) is 0 Å². The SMILES string of the molecule is COc1cn(CC(=O)Nc2cccc(C)c2C)c(CSc2nc(C)cc(C)n2)cc1=O. The van der Waals surface area contributed by atoms with Crippen LogP contribution in [-0.2, 0) is 17.1 Å². The average Bonchev–Trinajstić information content (AvgIpc) is 2.70. The summed E-state index contributed by atoms with van der Waals surface area (Å²) in [6.07, 6.45) is 1.57. The Bertz CT molecular complexity index is 1150. The number of thioether (sulfide) groups is 1. The number of aryl methyl sites for hydroxylation is 3. The zero-order chi connectivity index (χ0) is 22.5. The Labute approximate surface area is 185 Å². The second kappa shape index (κ2) is 9.78. The summed E-state index contributed by atoms with van der Waals surface area (Å²) >= 11 is 1.42. The minimum atomic E-state index is -0.231. The van der Waals surface area contributed by atoms with Crippen LogP contribution < -0.4 is 15.5 Å². The Kier molecular flexibility index (Phi) is 7.12. The molecule has 3 rings (SSSR count). The Balaban J connectivity index is 1.83. The van der Waals surface area contributed by atoms with Crippen molar-refractivity contribution in [2.24, 2.45) is 0 Å². The molecule has 0 saturated carbocycles. The van der Waals surface area contributed by atoms with Gasteiger partial charge in [-0.3, -0.25) is 9.59 Å². The molecule has 0 aliphatic heterocycles. The van der Waals surface area contributed by atoms with Crippen LogP contribution in [0.5, 0.6) is 5.75 Å². The molecule has 1 aromatic carbocycles. The molecule has 0 bridgehead atoms. The molecule has 1 N–H and O–H groups in total. The number of methoxy groups -OCH3 is 1. The topological polar surface area (TPSA) is 86.1 Å². The van der Waals surface area contributed by atoms with E-state index in [1.54, 1.807) is 10.8 Å². The Morgan fingerprint density at radius 1 is 1.13 bits per heavy atom. The molecule has 0 saturated heterocycles. The predicted octanol–water partition coefficient (Wildman–Crippen LogP) is 3.81. The number of hydrogen-bond donors (Lipinski definition) is 1. The third-order valence-electron chi connectivity index (χ3n) is 4.91. The highest BCUT2D eigenvalue weighted by Crippen LogP contribution is 2.21. The maximum absolute atomic E-state index is 12.8. The number of nitrogens with zero attached hydrogens (tertiary/aromatic N) is 3. The molecule has 2 heterocycles. The fourth-order valence-electron chi connectivity index (χ4n) is 3.15. The van der Waals surface area contributed by atoms with Gasteiger partial charge in [0.2, 0.25) is 11.3 Å². The van der Waals surface area contributed by atoms with Crippen LogP contribution in [0.25, 0.3) is 0 Å². The molecule has 7 nitrogen and oxygen atoms in total. The van der Waals surface area contributed by atoms with Gasteiger partial charge in [-0.15, -0.1) is 0 Å². The fraction of sp³-hybridized carbons (Fsp3) is 0.304. The normalized spacial score (nSPS) is 10.7. The molecule has 0 aliphatic carbocycles. The third-order valence-corrected chi connectivity index (χ3v) is 5.79. The van der Waals surface area contributed by atoms with Crippen molar-refractivity contribution in [1.29, 1.82) is 0 Å². The predicted molar refractivity (Wildman–Crippen MR) is 123 cm³/mol. The number of rotatable bonds is 7. The lowest BCUT2D eigenvalue weighted by Crippen LogP contribution is -2.23. The van der Waals surface area contributed by atoms with Crippen molar-refractivity contribution in [2.45, 2.75) is 45.1 Å². The molecule has 0 fully saturated rings. The fourth-order valence-corrected chi connectivity index (χ4v) is 4.09. The first-order valence-corrected chi connectivity index (χ1v) is 10.8. The van der Waals surface area contributed by atoms with Gasteiger partial charge in [-0.05, 0) is 51.0 Å². The summed E-state index contributed by atoms with van der Waals surface area (Å²) in [6.45, 7) is 7.86. The molecule has 2 aromatic heterocycles. The molecule has 1 amide bonds. The minimum absolute atomic E-state index is 0.0492. The van der Waals surface area contributed by atoms with E-state index in [2.05, 4.69) is 15.3 Å². The van der Waals surface area contributed by atoms with Crippen LogP contribution in [0, 0.1) is 27.7 Å². The average molecular weight is 439 g/mol. The first kappa shape index (κ1) is 22.6. The summed E-state index contributed by atoms with van der Waals surface area (Å²) in [6, 6.07) is 9.19. The van der Waals surface area contributed by atoms with Crippen molar-refractivity contribution in [3.8, 4) is 5.75 Å². The highest BCUT2D eigenvalue weighted by molar-refractivity contribution is 7.98. The zero-order valence-corrected chi connectivity index (χ0v) is 19.2. The standard InChI is InChI=1S/C23H26N4O3S/c1-14-7-6-8-19(17(14)4)26-22(29)12-27-11-21(30-5)20(28)10-18(27)13-31-23-24-15(2)9-16(3)25-23/h6-11H,12-13H2,1-5H3,(H,26,29). The van der Waals surface area contributed by atoms with Crippen LogP contribution in [0.2, 0.25) is 0 Å². The van der Waals surface area contributed by atoms with Crippen molar-refractivity contribution in [3.63, 3.8) is 0 Å². The summed E-state index contributed by atoms with van der Waals surface area (Å²) in [4.78, 5) is 33.9. The Morgan fingerprint density at radius 2 is 1.84 bits per heavy atom. The summed E-state index contributed by atoms with van der Waals surface area (Å²) in [5.41, 5.74) is 5.13. The first-order chi connectivity index (χ1) is 14.8. The third kappa shape index (κ3) is 5.73. The van der Waals surface area contributed by atoms with Crippen LogP contribution in [-0.4, -0.2) is 27.6 Å². The maximum atomic E-state index is 12.8. The lowest BCUT2D eigenvalue weighted by atomic mass is 10.1. The highest BCUT2D eigenvalue weighted by Gasteiger charge is 2.13. The molecule has 162 valence electrons. The van der Waals surface area contributed by atoms with E-state index in [1.807, 2.05) is 52.0 Å². The van der Waals surface area contributed by atoms with Crippen LogP contribution in [0.1, 0.15) is 28.2 Å². The number of nitrogens with one attached hydrogen (secondary N) is 1. The summed E-state index contributed by atoms with van der Waals surface area (Å²) < 4.78 is 6.91. The van der Waals surface area contributed by atoms with Crippen molar-refractivity contribution >= 4 is 23.4 Å². The molecule has 0 aliphatic rings. The smallest absolute Gasteiger partial charge is 0.244 e. The summed E-state index contributed by atoms with van der Waals surface area (Å²) in [7, 11) is 1.44. The monoisotopic (exact) mass is 438 g/mol. The number of carbonyl (C=O) groups excluding carboxylic acids is 1. The van der Waals surface area contributed by atoms with E-state index >= 15 is 0 Å². The van der Waals surface area contributed by atoms with Gasteiger partial charge in [-0.1, -0.05) is 23.9 Å². The maximum Gasteiger partial charge on any atom is 0.244 e. The molecule has 3 aromatic rings. The number of amides is 1. The number of anilines is 1. The van der Waals surface area contributed by atoms with Crippen LogP contribution in [0.4, 0.5) is 5.69 Å². The van der Waals surface area contributed by atoms with Crippen molar-refractivity contribution in [3.05, 3.63) is 75.0 Å². The highest BCUT2D eigenvalue weighted by atomic mass is 32.2. The molecular weight excluding hydrogens is 412 g/mol. The second-order valence-corrected chi connectivity index (χ2v) is 8.29. The van der Waals surface area contributed by atoms with Gasteiger partial charge in [0, 0.05) is 34.6 Å². The first-order valence-electron chi connectivity index (χ1n) is 9.85. The number of pyridine rings is 1. The van der Waals surface area contributed by atoms with Crippen LogP contribution in [0.3, 0.4) is 0 Å². The van der Waals surface area contributed by atoms with Gasteiger partial charge < -0.3 is 14.6 Å². The molecular formula is C23H26N4O3S. The van der Waals surface area contributed by atoms with Crippen molar-refractivity contribution in [1.82, 2.24) is 14.5 Å². The Hall–Kier alpha value is -3.13. The summed E-state index contributed by atoms with van der Waals surface area (Å²) in [5.74, 6) is 0.447. The van der Waals surface area contributed by atoms with Gasteiger partial charge in [-0.25, -0.2) is 9.97 Å². The Morgan fingerprint density at radius 3 is 2.52 bits per heavy atom. The van der Waals surface area contributed by atoms with E-state index in [0.717, 1.165) is 28.2 Å². The van der Waals surface area contributed by atoms with Crippen LogP contribution >= 0.6 is 11.8 Å². The van der Waals surface area contributed by atoms with E-state index in [1.165, 1.54) is 24.9 Å². The number of carbonyl (C=O) groups is 1. The van der Waals surface area contributed by atoms with Gasteiger partial charge >= 0.3 is 0 Å². The van der Waals surface area contributed by atoms with E-state index < -0.39 is 0 Å². The molecule has 0 spiro atoms. The van der Waals surface area contributed by atoms with Crippen molar-refractivity contribution in [2.75, 3.05) is 12.4 Å². The molecule has 8 heteroatoms. The lowest BCUT2D eigenvalue weighted by molar-refractivity contribution is -0.116. The van der Waals surface area contributed by atoms with E-state index in [9.17, 15) is 9.59 Å². The van der Waals surface area contributed by atoms with Crippen LogP contribution in [0.15, 0.2) is 46.5 Å². The van der Waals surface area contributed by atoms with Gasteiger partial charge in [0.1, 0.15) is 6.54 Å². The zero-order valence-electron chi connectivity index (χ0n) is 18.4. The minimum Gasteiger partial charge on any atom is -0.491 e. The second-order valence-electron chi connectivity index (χ2n) is 7.34. The number of hydrogen-bond acceptors (Lipinski definition) is 6. The molecule has 0 atom stereocenters. The number of ether oxygens (including phenoxy) is 1. The quantitative estimate of drug-likeness (QED) is 0.446. The van der Waals surface area contributed by atoms with Gasteiger partial charge in [0.15, 0.2) is 10.9 Å². The summed E-state index contributed by atoms with van der Waals surface area (Å²) in [5, 5.41) is 3.59. The molecule has 31 heavy (non-hydrogen) atoms. The van der Waals surface area contributed by atoms with E-state index in [0.29, 0.717) is 16.6 Å². The number of aromatic nitrogens is 3. The molecule has 0 unspecified atom stereocenters. The van der Waals surface area contributed by atoms with E-state index in [4.69, 9.17) is 4.74 Å². The lowest BCUT2D eigenvalue weighted by Gasteiger charge is -2.16. The molecule has 0 radical (unpaired) electrons. The number of benzene rings is 1. The van der Waals surface area contributed by atoms with Crippen molar-refractivity contribution < 1.29 is 9.53 Å². The van der Waals surface area contributed by atoms with Gasteiger partial charge in [0.05, 0.1) is 13.3 Å². The van der Waals surface area contributed by atoms with Gasteiger partial charge in [-0.2, -0.15) is 0 Å².